The molecule has 6 heteroatoms. The summed E-state index contributed by atoms with van der Waals surface area (Å²) in [6.07, 6.45) is 6.93. The number of hydrogen-bond acceptors (Lipinski definition) is 3. The second kappa shape index (κ2) is 7.20. The molecule has 0 bridgehead atoms. The molecule has 20 heavy (non-hydrogen) atoms. The molecule has 0 aromatic rings. The van der Waals surface area contributed by atoms with Crippen molar-refractivity contribution in [3.63, 3.8) is 0 Å². The fourth-order valence-electron chi connectivity index (χ4n) is 3.31. The zero-order valence-electron chi connectivity index (χ0n) is 12.4. The van der Waals surface area contributed by atoms with Gasteiger partial charge in [-0.1, -0.05) is 13.3 Å². The van der Waals surface area contributed by atoms with Gasteiger partial charge in [0, 0.05) is 25.7 Å². The molecule has 2 rings (SSSR count). The lowest BCUT2D eigenvalue weighted by molar-refractivity contribution is 0.169. The average Bonchev–Trinajstić information content (AvgIpc) is 2.48. The molecular weight excluding hydrogens is 276 g/mol. The number of nitrogens with zero attached hydrogens (tertiary/aromatic N) is 1. The summed E-state index contributed by atoms with van der Waals surface area (Å²) >= 11 is 0. The smallest absolute Gasteiger partial charge is 0.279 e. The Morgan fingerprint density at radius 3 is 2.15 bits per heavy atom. The molecule has 1 aliphatic carbocycles. The van der Waals surface area contributed by atoms with Crippen molar-refractivity contribution in [1.82, 2.24) is 9.03 Å². The first kappa shape index (κ1) is 16.2. The van der Waals surface area contributed by atoms with Crippen LogP contribution in [0.3, 0.4) is 0 Å². The minimum atomic E-state index is -3.34. The van der Waals surface area contributed by atoms with Crippen LogP contribution in [0, 0.1) is 11.8 Å². The zero-order valence-corrected chi connectivity index (χ0v) is 13.2. The van der Waals surface area contributed by atoms with E-state index in [0.717, 1.165) is 44.4 Å². The molecule has 1 heterocycles. The maximum Gasteiger partial charge on any atom is 0.279 e. The molecule has 1 saturated heterocycles. The predicted octanol–water partition coefficient (Wildman–Crippen LogP) is 1.49. The van der Waals surface area contributed by atoms with E-state index in [2.05, 4.69) is 11.6 Å². The summed E-state index contributed by atoms with van der Waals surface area (Å²) in [4.78, 5) is 0. The molecule has 1 saturated carbocycles. The molecule has 0 amide bonds. The number of aliphatic hydroxyl groups excluding tert-OH is 1. The lowest BCUT2D eigenvalue weighted by Crippen LogP contribution is -2.49. The standard InChI is InChI=1S/C14H28N2O3S/c1-2-12-3-5-14(6-4-12)15-20(18,19)16-9-7-13(11-17)8-10-16/h12-15,17H,2-11H2,1H3. The summed E-state index contributed by atoms with van der Waals surface area (Å²) in [5, 5.41) is 9.11. The van der Waals surface area contributed by atoms with E-state index in [4.69, 9.17) is 5.11 Å². The van der Waals surface area contributed by atoms with Crippen LogP contribution in [0.4, 0.5) is 0 Å². The molecule has 1 aliphatic heterocycles. The summed E-state index contributed by atoms with van der Waals surface area (Å²) in [7, 11) is -3.34. The van der Waals surface area contributed by atoms with Gasteiger partial charge in [0.25, 0.3) is 10.2 Å². The molecule has 0 atom stereocenters. The van der Waals surface area contributed by atoms with Gasteiger partial charge < -0.3 is 5.11 Å². The van der Waals surface area contributed by atoms with Gasteiger partial charge in [0.2, 0.25) is 0 Å². The van der Waals surface area contributed by atoms with Crippen molar-refractivity contribution in [3.05, 3.63) is 0 Å². The van der Waals surface area contributed by atoms with Crippen molar-refractivity contribution in [3.8, 4) is 0 Å². The highest BCUT2D eigenvalue weighted by molar-refractivity contribution is 7.87. The van der Waals surface area contributed by atoms with Gasteiger partial charge >= 0.3 is 0 Å². The van der Waals surface area contributed by atoms with Gasteiger partial charge in [0.05, 0.1) is 0 Å². The molecule has 118 valence electrons. The second-order valence-electron chi connectivity index (χ2n) is 6.27. The topological polar surface area (TPSA) is 69.6 Å². The van der Waals surface area contributed by atoms with Gasteiger partial charge in [-0.05, 0) is 50.4 Å². The fraction of sp³-hybridized carbons (Fsp3) is 1.00. The Morgan fingerprint density at radius 1 is 1.05 bits per heavy atom. The monoisotopic (exact) mass is 304 g/mol. The van der Waals surface area contributed by atoms with Crippen LogP contribution in [0.15, 0.2) is 0 Å². The van der Waals surface area contributed by atoms with Crippen molar-refractivity contribution in [2.75, 3.05) is 19.7 Å². The minimum Gasteiger partial charge on any atom is -0.396 e. The van der Waals surface area contributed by atoms with E-state index in [1.54, 1.807) is 4.31 Å². The quantitative estimate of drug-likeness (QED) is 0.808. The van der Waals surface area contributed by atoms with E-state index in [-0.39, 0.29) is 18.6 Å². The molecule has 2 fully saturated rings. The maximum atomic E-state index is 12.4. The van der Waals surface area contributed by atoms with Crippen molar-refractivity contribution in [1.29, 1.82) is 0 Å². The molecule has 5 nitrogen and oxygen atoms in total. The van der Waals surface area contributed by atoms with Crippen LogP contribution in [0.5, 0.6) is 0 Å². The van der Waals surface area contributed by atoms with E-state index in [9.17, 15) is 8.42 Å². The maximum absolute atomic E-state index is 12.4. The van der Waals surface area contributed by atoms with Crippen LogP contribution in [0.2, 0.25) is 0 Å². The second-order valence-corrected chi connectivity index (χ2v) is 7.98. The molecule has 2 aliphatic rings. The minimum absolute atomic E-state index is 0.110. The SMILES string of the molecule is CCC1CCC(NS(=O)(=O)N2CCC(CO)CC2)CC1. The van der Waals surface area contributed by atoms with Crippen molar-refractivity contribution in [2.45, 2.75) is 57.9 Å². The number of rotatable bonds is 5. The lowest BCUT2D eigenvalue weighted by Gasteiger charge is -2.33. The summed E-state index contributed by atoms with van der Waals surface area (Å²) in [5.74, 6) is 1.04. The molecule has 0 aromatic carbocycles. The van der Waals surface area contributed by atoms with Gasteiger partial charge in [-0.15, -0.1) is 0 Å². The summed E-state index contributed by atoms with van der Waals surface area (Å²) in [6.45, 7) is 3.44. The molecular formula is C14H28N2O3S. The first-order valence-electron chi connectivity index (χ1n) is 7.93. The third-order valence-corrected chi connectivity index (χ3v) is 6.59. The average molecular weight is 304 g/mol. The number of hydrogen-bond donors (Lipinski definition) is 2. The summed E-state index contributed by atoms with van der Waals surface area (Å²) in [5.41, 5.74) is 0. The van der Waals surface area contributed by atoms with Gasteiger partial charge in [0.1, 0.15) is 0 Å². The third kappa shape index (κ3) is 4.16. The van der Waals surface area contributed by atoms with Crippen LogP contribution in [-0.2, 0) is 10.2 Å². The van der Waals surface area contributed by atoms with Crippen molar-refractivity contribution < 1.29 is 13.5 Å². The van der Waals surface area contributed by atoms with E-state index in [1.165, 1.54) is 6.42 Å². The van der Waals surface area contributed by atoms with Gasteiger partial charge in [-0.2, -0.15) is 17.4 Å². The van der Waals surface area contributed by atoms with E-state index >= 15 is 0 Å². The van der Waals surface area contributed by atoms with Crippen LogP contribution >= 0.6 is 0 Å². The Hall–Kier alpha value is -0.170. The Kier molecular flexibility index (Phi) is 5.84. The molecule has 0 aromatic heterocycles. The first-order chi connectivity index (χ1) is 9.55. The Labute approximate surface area is 122 Å². The number of nitrogens with one attached hydrogen (secondary N) is 1. The summed E-state index contributed by atoms with van der Waals surface area (Å²) < 4.78 is 29.1. The van der Waals surface area contributed by atoms with Gasteiger partial charge in [-0.3, -0.25) is 0 Å². The van der Waals surface area contributed by atoms with Gasteiger partial charge in [0.15, 0.2) is 0 Å². The normalized spacial score (nSPS) is 30.5. The largest absolute Gasteiger partial charge is 0.396 e. The van der Waals surface area contributed by atoms with E-state index < -0.39 is 10.2 Å². The van der Waals surface area contributed by atoms with Gasteiger partial charge in [-0.25, -0.2) is 0 Å². The first-order valence-corrected chi connectivity index (χ1v) is 9.37. The van der Waals surface area contributed by atoms with E-state index in [0.29, 0.717) is 13.1 Å². The highest BCUT2D eigenvalue weighted by Crippen LogP contribution is 2.27. The van der Waals surface area contributed by atoms with Crippen LogP contribution in [-0.4, -0.2) is 43.6 Å². The number of piperidine rings is 1. The molecule has 0 unspecified atom stereocenters. The van der Waals surface area contributed by atoms with Crippen LogP contribution in [0.25, 0.3) is 0 Å². The Balaban J connectivity index is 1.82. The number of aliphatic hydroxyl groups is 1. The molecule has 0 spiro atoms. The third-order valence-electron chi connectivity index (χ3n) is 4.91. The highest BCUT2D eigenvalue weighted by atomic mass is 32.2. The van der Waals surface area contributed by atoms with Crippen molar-refractivity contribution >= 4 is 10.2 Å². The molecule has 0 radical (unpaired) electrons. The summed E-state index contributed by atoms with van der Waals surface area (Å²) in [6, 6.07) is 0.110. The van der Waals surface area contributed by atoms with Crippen molar-refractivity contribution in [2.24, 2.45) is 11.8 Å². The predicted molar refractivity (Wildman–Crippen MR) is 79.5 cm³/mol. The lowest BCUT2D eigenvalue weighted by atomic mass is 9.85. The van der Waals surface area contributed by atoms with E-state index in [1.807, 2.05) is 0 Å². The fourth-order valence-corrected chi connectivity index (χ4v) is 4.80. The van der Waals surface area contributed by atoms with Crippen LogP contribution in [0.1, 0.15) is 51.9 Å². The zero-order chi connectivity index (χ0) is 14.6. The molecule has 2 N–H and O–H groups in total. The van der Waals surface area contributed by atoms with Crippen LogP contribution < -0.4 is 4.72 Å². The Bertz CT molecular complexity index is 383. The highest BCUT2D eigenvalue weighted by Gasteiger charge is 2.30. The Morgan fingerprint density at radius 2 is 1.65 bits per heavy atom.